The number of rotatable bonds is 6. The second kappa shape index (κ2) is 12.6. The van der Waals surface area contributed by atoms with Gasteiger partial charge in [0.25, 0.3) is 0 Å². The van der Waals surface area contributed by atoms with E-state index in [1.165, 1.54) is 18.4 Å². The molecule has 1 aromatic heterocycles. The summed E-state index contributed by atoms with van der Waals surface area (Å²) in [7, 11) is 1.86. The molecule has 1 aromatic rings. The Hall–Kier alpha value is -0.930. The Kier molecular flexibility index (Phi) is 10.5. The lowest BCUT2D eigenvalue weighted by Crippen LogP contribution is -2.47. The number of pyridine rings is 1. The number of guanidine groups is 1. The number of aliphatic imine (C=N–C) groups is 1. The summed E-state index contributed by atoms with van der Waals surface area (Å²) >= 11 is 0. The standard InChI is InChI=1S/C21H34N4O2.HI/c1-17-6-7-18(15-24-17)8-11-23-21(22-2)25-12-9-19(10-13-25)27-16-20-5-3-4-14-26-20;/h6-7,15,19-20H,3-5,8-14,16H2,1-2H3,(H,22,23);1H. The predicted molar refractivity (Wildman–Crippen MR) is 124 cm³/mol. The normalized spacial score (nSPS) is 21.3. The molecule has 0 aromatic carbocycles. The second-order valence-electron chi connectivity index (χ2n) is 7.54. The van der Waals surface area contributed by atoms with Gasteiger partial charge in [0.15, 0.2) is 5.96 Å². The molecule has 2 fully saturated rings. The van der Waals surface area contributed by atoms with Gasteiger partial charge in [0, 0.05) is 45.2 Å². The van der Waals surface area contributed by atoms with Crippen molar-refractivity contribution < 1.29 is 9.47 Å². The molecule has 1 atom stereocenters. The highest BCUT2D eigenvalue weighted by Crippen LogP contribution is 2.18. The predicted octanol–water partition coefficient (Wildman–Crippen LogP) is 3.18. The van der Waals surface area contributed by atoms with Crippen molar-refractivity contribution in [2.75, 3.05) is 39.9 Å². The number of ether oxygens (including phenoxy) is 2. The van der Waals surface area contributed by atoms with Crippen molar-refractivity contribution in [3.05, 3.63) is 29.6 Å². The number of piperidine rings is 1. The molecule has 0 aliphatic carbocycles. The third kappa shape index (κ3) is 7.48. The van der Waals surface area contributed by atoms with Crippen molar-refractivity contribution in [2.24, 2.45) is 4.99 Å². The fourth-order valence-corrected chi connectivity index (χ4v) is 3.71. The van der Waals surface area contributed by atoms with Crippen LogP contribution >= 0.6 is 24.0 Å². The van der Waals surface area contributed by atoms with Crippen molar-refractivity contribution >= 4 is 29.9 Å². The fraction of sp³-hybridized carbons (Fsp3) is 0.714. The van der Waals surface area contributed by atoms with E-state index in [2.05, 4.69) is 32.3 Å². The molecule has 6 nitrogen and oxygen atoms in total. The van der Waals surface area contributed by atoms with E-state index in [1.807, 2.05) is 20.2 Å². The molecule has 158 valence electrons. The summed E-state index contributed by atoms with van der Waals surface area (Å²) in [6, 6.07) is 4.21. The maximum atomic E-state index is 6.11. The molecule has 2 aliphatic heterocycles. The minimum Gasteiger partial charge on any atom is -0.376 e. The molecule has 3 rings (SSSR count). The Balaban J connectivity index is 0.00000280. The topological polar surface area (TPSA) is 59.0 Å². The average Bonchev–Trinajstić information content (AvgIpc) is 2.72. The maximum Gasteiger partial charge on any atom is 0.193 e. The van der Waals surface area contributed by atoms with Gasteiger partial charge in [-0.1, -0.05) is 6.07 Å². The summed E-state index contributed by atoms with van der Waals surface area (Å²) in [6.45, 7) is 6.51. The molecule has 1 unspecified atom stereocenters. The zero-order chi connectivity index (χ0) is 18.9. The van der Waals surface area contributed by atoms with Crippen molar-refractivity contribution in [2.45, 2.75) is 57.7 Å². The second-order valence-corrected chi connectivity index (χ2v) is 7.54. The Bertz CT molecular complexity index is 583. The number of nitrogens with zero attached hydrogens (tertiary/aromatic N) is 3. The van der Waals surface area contributed by atoms with Crippen LogP contribution in [0.3, 0.4) is 0 Å². The monoisotopic (exact) mass is 502 g/mol. The Morgan fingerprint density at radius 2 is 2.11 bits per heavy atom. The van der Waals surface area contributed by atoms with Gasteiger partial charge in [-0.25, -0.2) is 0 Å². The molecule has 3 heterocycles. The van der Waals surface area contributed by atoms with Crippen LogP contribution in [0.1, 0.15) is 43.4 Å². The van der Waals surface area contributed by atoms with E-state index in [9.17, 15) is 0 Å². The third-order valence-corrected chi connectivity index (χ3v) is 5.41. The van der Waals surface area contributed by atoms with Crippen LogP contribution in [-0.4, -0.2) is 67.9 Å². The van der Waals surface area contributed by atoms with Gasteiger partial charge in [0.2, 0.25) is 0 Å². The first-order valence-electron chi connectivity index (χ1n) is 10.3. The minimum absolute atomic E-state index is 0. The zero-order valence-electron chi connectivity index (χ0n) is 17.2. The lowest BCUT2D eigenvalue weighted by Gasteiger charge is -2.35. The average molecular weight is 502 g/mol. The van der Waals surface area contributed by atoms with E-state index in [4.69, 9.17) is 9.47 Å². The van der Waals surface area contributed by atoms with E-state index >= 15 is 0 Å². The van der Waals surface area contributed by atoms with E-state index in [0.29, 0.717) is 12.2 Å². The van der Waals surface area contributed by atoms with Crippen LogP contribution in [-0.2, 0) is 15.9 Å². The van der Waals surface area contributed by atoms with Crippen LogP contribution in [0.15, 0.2) is 23.3 Å². The highest BCUT2D eigenvalue weighted by molar-refractivity contribution is 14.0. The van der Waals surface area contributed by atoms with Crippen LogP contribution in [0.2, 0.25) is 0 Å². The van der Waals surface area contributed by atoms with E-state index in [0.717, 1.165) is 70.2 Å². The molecular formula is C21H35IN4O2. The molecule has 0 amide bonds. The van der Waals surface area contributed by atoms with Gasteiger partial charge in [-0.2, -0.15) is 0 Å². The van der Waals surface area contributed by atoms with Crippen LogP contribution in [0.25, 0.3) is 0 Å². The fourth-order valence-electron chi connectivity index (χ4n) is 3.71. The van der Waals surface area contributed by atoms with Gasteiger partial charge in [-0.3, -0.25) is 9.98 Å². The summed E-state index contributed by atoms with van der Waals surface area (Å²) in [5.74, 6) is 0.990. The van der Waals surface area contributed by atoms with Crippen LogP contribution in [0.4, 0.5) is 0 Å². The Morgan fingerprint density at radius 3 is 2.75 bits per heavy atom. The number of hydrogen-bond acceptors (Lipinski definition) is 4. The summed E-state index contributed by atoms with van der Waals surface area (Å²) in [4.78, 5) is 11.1. The Labute approximate surface area is 186 Å². The van der Waals surface area contributed by atoms with E-state index in [-0.39, 0.29) is 24.0 Å². The number of aryl methyl sites for hydroxylation is 1. The van der Waals surface area contributed by atoms with Gasteiger partial charge >= 0.3 is 0 Å². The molecule has 0 bridgehead atoms. The number of halogens is 1. The van der Waals surface area contributed by atoms with Gasteiger partial charge in [0.05, 0.1) is 18.8 Å². The van der Waals surface area contributed by atoms with E-state index in [1.54, 1.807) is 0 Å². The van der Waals surface area contributed by atoms with Crippen LogP contribution < -0.4 is 5.32 Å². The van der Waals surface area contributed by atoms with Gasteiger partial charge in [-0.05, 0) is 57.1 Å². The SMILES string of the molecule is CN=C(NCCc1ccc(C)nc1)N1CCC(OCC2CCCCO2)CC1.I. The molecule has 28 heavy (non-hydrogen) atoms. The summed E-state index contributed by atoms with van der Waals surface area (Å²) in [5.41, 5.74) is 2.31. The van der Waals surface area contributed by atoms with Gasteiger partial charge < -0.3 is 19.7 Å². The first-order chi connectivity index (χ1) is 13.2. The summed E-state index contributed by atoms with van der Waals surface area (Å²) < 4.78 is 11.9. The highest BCUT2D eigenvalue weighted by Gasteiger charge is 2.23. The zero-order valence-corrected chi connectivity index (χ0v) is 19.6. The molecule has 1 N–H and O–H groups in total. The van der Waals surface area contributed by atoms with Crippen molar-refractivity contribution in [1.29, 1.82) is 0 Å². The maximum absolute atomic E-state index is 6.11. The lowest BCUT2D eigenvalue weighted by atomic mass is 10.1. The molecule has 2 aliphatic rings. The van der Waals surface area contributed by atoms with Crippen LogP contribution in [0, 0.1) is 6.92 Å². The number of nitrogens with one attached hydrogen (secondary N) is 1. The molecule has 2 saturated heterocycles. The molecule has 7 heteroatoms. The Morgan fingerprint density at radius 1 is 1.29 bits per heavy atom. The quantitative estimate of drug-likeness (QED) is 0.368. The molecule has 0 spiro atoms. The lowest BCUT2D eigenvalue weighted by molar-refractivity contribution is -0.0721. The van der Waals surface area contributed by atoms with E-state index < -0.39 is 0 Å². The number of aromatic nitrogens is 1. The third-order valence-electron chi connectivity index (χ3n) is 5.41. The summed E-state index contributed by atoms with van der Waals surface area (Å²) in [5, 5.41) is 3.49. The van der Waals surface area contributed by atoms with Crippen LogP contribution in [0.5, 0.6) is 0 Å². The van der Waals surface area contributed by atoms with Crippen molar-refractivity contribution in [1.82, 2.24) is 15.2 Å². The largest absolute Gasteiger partial charge is 0.376 e. The molecule has 0 saturated carbocycles. The first-order valence-corrected chi connectivity index (χ1v) is 10.3. The molecule has 0 radical (unpaired) electrons. The smallest absolute Gasteiger partial charge is 0.193 e. The highest BCUT2D eigenvalue weighted by atomic mass is 127. The first kappa shape index (κ1) is 23.3. The minimum atomic E-state index is 0. The van der Waals surface area contributed by atoms with Gasteiger partial charge in [-0.15, -0.1) is 24.0 Å². The number of likely N-dealkylation sites (tertiary alicyclic amines) is 1. The number of hydrogen-bond donors (Lipinski definition) is 1. The van der Waals surface area contributed by atoms with Crippen molar-refractivity contribution in [3.8, 4) is 0 Å². The molecular weight excluding hydrogens is 467 g/mol. The van der Waals surface area contributed by atoms with Gasteiger partial charge in [0.1, 0.15) is 0 Å². The summed E-state index contributed by atoms with van der Waals surface area (Å²) in [6.07, 6.45) is 9.28. The van der Waals surface area contributed by atoms with Crippen molar-refractivity contribution in [3.63, 3.8) is 0 Å².